The summed E-state index contributed by atoms with van der Waals surface area (Å²) < 4.78 is 34.5. The highest BCUT2D eigenvalue weighted by Gasteiger charge is 2.13. The molecule has 3 aromatic carbocycles. The Hall–Kier alpha value is -3.85. The van der Waals surface area contributed by atoms with Gasteiger partial charge in [-0.3, -0.25) is 9.59 Å². The van der Waals surface area contributed by atoms with Gasteiger partial charge in [0.2, 0.25) is 0 Å². The summed E-state index contributed by atoms with van der Waals surface area (Å²) in [7, 11) is -1.82. The summed E-state index contributed by atoms with van der Waals surface area (Å²) >= 11 is 0. The Morgan fingerprint density at radius 1 is 0.848 bits per heavy atom. The lowest BCUT2D eigenvalue weighted by atomic mass is 10.2. The molecule has 0 saturated carbocycles. The lowest BCUT2D eigenvalue weighted by Crippen LogP contribution is -2.20. The van der Waals surface area contributed by atoms with Crippen molar-refractivity contribution >= 4 is 33.0 Å². The second-order valence-electron chi connectivity index (χ2n) is 6.95. The highest BCUT2D eigenvalue weighted by atomic mass is 32.2. The molecule has 0 aliphatic rings. The smallest absolute Gasteiger partial charge is 0.262 e. The van der Waals surface area contributed by atoms with Gasteiger partial charge in [0.05, 0.1) is 17.8 Å². The van der Waals surface area contributed by atoms with E-state index in [1.54, 1.807) is 55.5 Å². The van der Waals surface area contributed by atoms with Gasteiger partial charge in [0, 0.05) is 16.9 Å². The predicted octanol–water partition coefficient (Wildman–Crippen LogP) is 3.76. The van der Waals surface area contributed by atoms with Crippen LogP contribution in [-0.4, -0.2) is 39.7 Å². The van der Waals surface area contributed by atoms with Crippen molar-refractivity contribution in [2.24, 2.45) is 0 Å². The summed E-state index contributed by atoms with van der Waals surface area (Å²) in [6.07, 6.45) is 0. The van der Waals surface area contributed by atoms with Gasteiger partial charge in [-0.05, 0) is 54.6 Å². The number of rotatable bonds is 9. The maximum absolute atomic E-state index is 12.5. The fraction of sp³-hybridized carbons (Fsp3) is 0.167. The van der Waals surface area contributed by atoms with E-state index in [0.29, 0.717) is 28.4 Å². The molecule has 0 aromatic heterocycles. The zero-order chi connectivity index (χ0) is 23.8. The van der Waals surface area contributed by atoms with Gasteiger partial charge in [-0.2, -0.15) is 0 Å². The lowest BCUT2D eigenvalue weighted by molar-refractivity contribution is -0.118. The van der Waals surface area contributed by atoms with Crippen LogP contribution in [0.3, 0.4) is 0 Å². The molecule has 9 heteroatoms. The zero-order valence-corrected chi connectivity index (χ0v) is 19.0. The van der Waals surface area contributed by atoms with Crippen LogP contribution in [0.4, 0.5) is 11.4 Å². The van der Waals surface area contributed by atoms with Crippen LogP contribution >= 0.6 is 0 Å². The number of carbonyl (C=O) groups is 2. The maximum atomic E-state index is 12.5. The monoisotopic (exact) mass is 468 g/mol. The number of ether oxygens (including phenoxy) is 2. The van der Waals surface area contributed by atoms with Crippen LogP contribution in [0.15, 0.2) is 77.7 Å². The number of sulfone groups is 1. The van der Waals surface area contributed by atoms with Crippen LogP contribution < -0.4 is 20.1 Å². The fourth-order valence-corrected chi connectivity index (χ4v) is 3.82. The first-order valence-corrected chi connectivity index (χ1v) is 11.8. The van der Waals surface area contributed by atoms with E-state index >= 15 is 0 Å². The van der Waals surface area contributed by atoms with Crippen molar-refractivity contribution < 1.29 is 27.5 Å². The minimum Gasteiger partial charge on any atom is -0.493 e. The molecular weight excluding hydrogens is 444 g/mol. The molecule has 2 amide bonds. The van der Waals surface area contributed by atoms with Crippen molar-refractivity contribution in [1.29, 1.82) is 0 Å². The highest BCUT2D eigenvalue weighted by Crippen LogP contribution is 2.25. The van der Waals surface area contributed by atoms with Gasteiger partial charge in [0.25, 0.3) is 11.8 Å². The second-order valence-corrected chi connectivity index (χ2v) is 9.23. The number of methoxy groups -OCH3 is 1. The van der Waals surface area contributed by atoms with Gasteiger partial charge in [0.1, 0.15) is 0 Å². The standard InChI is InChI=1S/C24H24N2O6S/c1-3-33(29,30)20-13-11-17(12-14-20)24(28)26-19-8-6-7-18(15-19)25-23(27)16-32-22-10-5-4-9-21(22)31-2/h4-15H,3,16H2,1-2H3,(H,25,27)(H,26,28). The Morgan fingerprint density at radius 3 is 2.12 bits per heavy atom. The van der Waals surface area contributed by atoms with Gasteiger partial charge in [-0.15, -0.1) is 0 Å². The first-order chi connectivity index (χ1) is 15.8. The predicted molar refractivity (Wildman–Crippen MR) is 126 cm³/mol. The zero-order valence-electron chi connectivity index (χ0n) is 18.2. The Morgan fingerprint density at radius 2 is 1.48 bits per heavy atom. The van der Waals surface area contributed by atoms with E-state index < -0.39 is 15.7 Å². The topological polar surface area (TPSA) is 111 Å². The molecule has 0 atom stereocenters. The van der Waals surface area contributed by atoms with E-state index in [-0.39, 0.29) is 23.2 Å². The molecule has 8 nitrogen and oxygen atoms in total. The van der Waals surface area contributed by atoms with Crippen molar-refractivity contribution in [1.82, 2.24) is 0 Å². The van der Waals surface area contributed by atoms with E-state index in [1.165, 1.54) is 31.4 Å². The summed E-state index contributed by atoms with van der Waals surface area (Å²) in [5.74, 6) is 0.181. The minimum atomic E-state index is -3.33. The quantitative estimate of drug-likeness (QED) is 0.495. The Balaban J connectivity index is 1.60. The fourth-order valence-electron chi connectivity index (χ4n) is 2.94. The third-order valence-corrected chi connectivity index (χ3v) is 6.44. The number of carbonyl (C=O) groups excluding carboxylic acids is 2. The normalized spacial score (nSPS) is 10.8. The molecule has 0 aliphatic heterocycles. The number of nitrogens with one attached hydrogen (secondary N) is 2. The lowest BCUT2D eigenvalue weighted by Gasteiger charge is -2.11. The summed E-state index contributed by atoms with van der Waals surface area (Å²) in [5, 5.41) is 5.44. The molecule has 172 valence electrons. The van der Waals surface area contributed by atoms with Gasteiger partial charge < -0.3 is 20.1 Å². The molecule has 3 aromatic rings. The van der Waals surface area contributed by atoms with Gasteiger partial charge in [0.15, 0.2) is 27.9 Å². The SMILES string of the molecule is CCS(=O)(=O)c1ccc(C(=O)Nc2cccc(NC(=O)COc3ccccc3OC)c2)cc1. The number of benzene rings is 3. The van der Waals surface area contributed by atoms with Crippen molar-refractivity contribution in [3.8, 4) is 11.5 Å². The third-order valence-electron chi connectivity index (χ3n) is 4.69. The van der Waals surface area contributed by atoms with Crippen molar-refractivity contribution in [2.75, 3.05) is 30.1 Å². The van der Waals surface area contributed by atoms with Crippen LogP contribution in [0.1, 0.15) is 17.3 Å². The Kier molecular flexibility index (Phi) is 7.68. The van der Waals surface area contributed by atoms with E-state index in [9.17, 15) is 18.0 Å². The van der Waals surface area contributed by atoms with E-state index in [2.05, 4.69) is 10.6 Å². The molecule has 2 N–H and O–H groups in total. The molecule has 0 radical (unpaired) electrons. The largest absolute Gasteiger partial charge is 0.493 e. The maximum Gasteiger partial charge on any atom is 0.262 e. The molecule has 3 rings (SSSR count). The molecule has 0 bridgehead atoms. The van der Waals surface area contributed by atoms with Crippen LogP contribution in [-0.2, 0) is 14.6 Å². The summed E-state index contributed by atoms with van der Waals surface area (Å²) in [4.78, 5) is 25.0. The first kappa shape index (κ1) is 23.8. The molecular formula is C24H24N2O6S. The third kappa shape index (κ3) is 6.33. The van der Waals surface area contributed by atoms with Crippen LogP contribution in [0.2, 0.25) is 0 Å². The van der Waals surface area contributed by atoms with Crippen LogP contribution in [0, 0.1) is 0 Å². The summed E-state index contributed by atoms with van der Waals surface area (Å²) in [6, 6.07) is 19.4. The summed E-state index contributed by atoms with van der Waals surface area (Å²) in [6.45, 7) is 1.34. The van der Waals surface area contributed by atoms with E-state index in [0.717, 1.165) is 0 Å². The molecule has 33 heavy (non-hydrogen) atoms. The molecule has 0 saturated heterocycles. The molecule has 0 heterocycles. The number of amides is 2. The summed E-state index contributed by atoms with van der Waals surface area (Å²) in [5.41, 5.74) is 1.25. The van der Waals surface area contributed by atoms with Crippen LogP contribution in [0.5, 0.6) is 11.5 Å². The second kappa shape index (κ2) is 10.6. The molecule has 0 spiro atoms. The first-order valence-electron chi connectivity index (χ1n) is 10.1. The van der Waals surface area contributed by atoms with Gasteiger partial charge in [-0.25, -0.2) is 8.42 Å². The average Bonchev–Trinajstić information content (AvgIpc) is 2.83. The van der Waals surface area contributed by atoms with Crippen molar-refractivity contribution in [3.05, 3.63) is 78.4 Å². The van der Waals surface area contributed by atoms with Gasteiger partial charge in [-0.1, -0.05) is 25.1 Å². The van der Waals surface area contributed by atoms with Crippen LogP contribution in [0.25, 0.3) is 0 Å². The Bertz CT molecular complexity index is 1240. The van der Waals surface area contributed by atoms with E-state index in [4.69, 9.17) is 9.47 Å². The average molecular weight is 469 g/mol. The molecule has 0 unspecified atom stereocenters. The van der Waals surface area contributed by atoms with Crippen molar-refractivity contribution in [2.45, 2.75) is 11.8 Å². The number of hydrogen-bond donors (Lipinski definition) is 2. The Labute approximate surface area is 192 Å². The molecule has 0 fully saturated rings. The highest BCUT2D eigenvalue weighted by molar-refractivity contribution is 7.91. The van der Waals surface area contributed by atoms with Crippen molar-refractivity contribution in [3.63, 3.8) is 0 Å². The molecule has 0 aliphatic carbocycles. The minimum absolute atomic E-state index is 0.0129. The number of hydrogen-bond acceptors (Lipinski definition) is 6. The van der Waals surface area contributed by atoms with E-state index in [1.807, 2.05) is 0 Å². The number of anilines is 2. The van der Waals surface area contributed by atoms with Gasteiger partial charge >= 0.3 is 0 Å². The number of para-hydroxylation sites is 2.